The van der Waals surface area contributed by atoms with Crippen molar-refractivity contribution in [3.05, 3.63) is 206 Å². The van der Waals surface area contributed by atoms with Crippen molar-refractivity contribution in [3.63, 3.8) is 0 Å². The highest BCUT2D eigenvalue weighted by molar-refractivity contribution is 7.24. The lowest BCUT2D eigenvalue weighted by molar-refractivity contribution is 1.17. The summed E-state index contributed by atoms with van der Waals surface area (Å²) in [7, 11) is -2.50. The zero-order chi connectivity index (χ0) is 37.2. The molecule has 4 heterocycles. The van der Waals surface area contributed by atoms with Gasteiger partial charge in [0.1, 0.15) is 0 Å². The topological polar surface area (TPSA) is 9.86 Å². The van der Waals surface area contributed by atoms with E-state index < -0.39 is 8.07 Å². The summed E-state index contributed by atoms with van der Waals surface area (Å²) < 4.78 is 4.95. The van der Waals surface area contributed by atoms with Crippen molar-refractivity contribution in [2.24, 2.45) is 0 Å². The fourth-order valence-corrected chi connectivity index (χ4v) is 16.3. The zero-order valence-electron chi connectivity index (χ0n) is 31.0. The predicted molar refractivity (Wildman–Crippen MR) is 242 cm³/mol. The van der Waals surface area contributed by atoms with Crippen LogP contribution in [0.2, 0.25) is 0 Å². The molecule has 57 heavy (non-hydrogen) atoms. The lowest BCUT2D eigenvalue weighted by atomic mass is 10.0. The molecule has 0 unspecified atom stereocenters. The van der Waals surface area contributed by atoms with E-state index in [0.717, 1.165) is 5.69 Å². The van der Waals surface area contributed by atoms with Crippen LogP contribution in [-0.2, 0) is 0 Å². The second kappa shape index (κ2) is 11.4. The van der Waals surface area contributed by atoms with Gasteiger partial charge in [0, 0.05) is 32.9 Å². The number of benzene rings is 9. The summed E-state index contributed by atoms with van der Waals surface area (Å²) in [4.78, 5) is 0. The van der Waals surface area contributed by atoms with Crippen molar-refractivity contribution >= 4 is 72.4 Å². The van der Waals surface area contributed by atoms with E-state index in [-0.39, 0.29) is 0 Å². The van der Waals surface area contributed by atoms with E-state index in [4.69, 9.17) is 0 Å². The average molecular weight is 739 g/mol. The normalized spacial score (nSPS) is 13.4. The molecule has 0 saturated carbocycles. The van der Waals surface area contributed by atoms with Gasteiger partial charge in [-0.15, -0.1) is 0 Å². The minimum atomic E-state index is -2.50. The lowest BCUT2D eigenvalue weighted by Gasteiger charge is -2.27. The van der Waals surface area contributed by atoms with Crippen LogP contribution >= 0.6 is 0 Å². The highest BCUT2D eigenvalue weighted by Gasteiger charge is 2.53. The Balaban J connectivity index is 1.06. The molecule has 13 rings (SSSR count). The molecule has 3 heteroatoms. The summed E-state index contributed by atoms with van der Waals surface area (Å²) in [5, 5.41) is 11.1. The van der Waals surface area contributed by atoms with Crippen LogP contribution in [-0.4, -0.2) is 17.2 Å². The van der Waals surface area contributed by atoms with Gasteiger partial charge < -0.3 is 9.13 Å². The van der Waals surface area contributed by atoms with Crippen molar-refractivity contribution < 1.29 is 0 Å². The molecule has 0 N–H and O–H groups in total. The van der Waals surface area contributed by atoms with Gasteiger partial charge in [0.25, 0.3) is 0 Å². The number of aromatic nitrogens is 2. The molecule has 1 spiro atoms. The molecule has 0 amide bonds. The van der Waals surface area contributed by atoms with Crippen LogP contribution in [0.4, 0.5) is 0 Å². The summed E-state index contributed by atoms with van der Waals surface area (Å²) in [5.41, 5.74) is 15.2. The molecule has 0 bridgehead atoms. The van der Waals surface area contributed by atoms with Crippen molar-refractivity contribution in [2.45, 2.75) is 0 Å². The Morgan fingerprint density at radius 3 is 1.28 bits per heavy atom. The molecule has 2 aliphatic heterocycles. The SMILES string of the molecule is c1ccc(-c2ccc(-n3c4ccccc4c4c5c6ccccc6n(-c6ccc7c(c6)-c6ccccc6[Si]76c7ccccc7-c7ccccc76)c5ccc43)cc2)cc1. The first kappa shape index (κ1) is 31.0. The molecule has 0 aliphatic carbocycles. The zero-order valence-corrected chi connectivity index (χ0v) is 32.0. The maximum atomic E-state index is 2.51. The van der Waals surface area contributed by atoms with Gasteiger partial charge >= 0.3 is 0 Å². The second-order valence-electron chi connectivity index (χ2n) is 15.6. The van der Waals surface area contributed by atoms with Crippen molar-refractivity contribution in [1.29, 1.82) is 0 Å². The molecular weight excluding hydrogens is 705 g/mol. The molecular formula is C54H34N2Si. The van der Waals surface area contributed by atoms with Gasteiger partial charge in [-0.2, -0.15) is 0 Å². The first-order valence-corrected chi connectivity index (χ1v) is 21.9. The standard InChI is InChI=1S/C54H34N2Si/c1-2-14-35(15-3-1)36-26-28-37(29-27-36)55-45-21-9-4-19-42(45)53-47(55)31-32-48-54(53)43-20-5-10-22-46(43)56(48)38-30-33-52-44(34-38)41-18-8-13-25-51(41)57(52)49-23-11-6-16-39(49)40-17-7-12-24-50(40)57/h1-34H. The van der Waals surface area contributed by atoms with E-state index in [2.05, 4.69) is 215 Å². The second-order valence-corrected chi connectivity index (χ2v) is 19.2. The Kier molecular flexibility index (Phi) is 6.22. The van der Waals surface area contributed by atoms with Gasteiger partial charge in [0.2, 0.25) is 0 Å². The Labute approximate surface area is 331 Å². The fourth-order valence-electron chi connectivity index (χ4n) is 10.7. The molecule has 264 valence electrons. The number of nitrogens with zero attached hydrogens (tertiary/aromatic N) is 2. The number of fused-ring (bicyclic) bond motifs is 17. The van der Waals surface area contributed by atoms with Crippen LogP contribution in [0, 0.1) is 0 Å². The third-order valence-corrected chi connectivity index (χ3v) is 17.9. The predicted octanol–water partition coefficient (Wildman–Crippen LogP) is 10.9. The van der Waals surface area contributed by atoms with E-state index in [0.29, 0.717) is 0 Å². The summed E-state index contributed by atoms with van der Waals surface area (Å²) in [6.45, 7) is 0. The molecule has 0 fully saturated rings. The molecule has 0 atom stereocenters. The van der Waals surface area contributed by atoms with Crippen LogP contribution in [0.1, 0.15) is 0 Å². The third kappa shape index (κ3) is 3.98. The lowest BCUT2D eigenvalue weighted by Crippen LogP contribution is -2.70. The number of hydrogen-bond donors (Lipinski definition) is 0. The van der Waals surface area contributed by atoms with E-state index in [1.54, 1.807) is 0 Å². The molecule has 2 aliphatic rings. The van der Waals surface area contributed by atoms with Crippen LogP contribution in [0.3, 0.4) is 0 Å². The van der Waals surface area contributed by atoms with Crippen LogP contribution in [0.5, 0.6) is 0 Å². The van der Waals surface area contributed by atoms with Crippen LogP contribution in [0.25, 0.3) is 88.4 Å². The third-order valence-electron chi connectivity index (χ3n) is 12.9. The minimum absolute atomic E-state index is 1.16. The first-order chi connectivity index (χ1) is 28.3. The summed E-state index contributed by atoms with van der Waals surface area (Å²) >= 11 is 0. The van der Waals surface area contributed by atoms with Gasteiger partial charge in [-0.3, -0.25) is 0 Å². The summed E-state index contributed by atoms with van der Waals surface area (Å²) in [5.74, 6) is 0. The maximum Gasteiger partial charge on any atom is 0.182 e. The van der Waals surface area contributed by atoms with Crippen LogP contribution < -0.4 is 20.7 Å². The number of rotatable bonds is 3. The Hall–Kier alpha value is -7.20. The molecule has 11 aromatic rings. The summed E-state index contributed by atoms with van der Waals surface area (Å²) in [6, 6.07) is 77.2. The molecule has 9 aromatic carbocycles. The number of hydrogen-bond acceptors (Lipinski definition) is 0. The first-order valence-electron chi connectivity index (χ1n) is 19.9. The molecule has 2 aromatic heterocycles. The van der Waals surface area contributed by atoms with Gasteiger partial charge in [-0.25, -0.2) is 0 Å². The Bertz CT molecular complexity index is 3410. The number of para-hydroxylation sites is 2. The highest BCUT2D eigenvalue weighted by atomic mass is 28.3. The van der Waals surface area contributed by atoms with Crippen molar-refractivity contribution in [1.82, 2.24) is 9.13 Å². The smallest absolute Gasteiger partial charge is 0.182 e. The van der Waals surface area contributed by atoms with E-state index in [1.165, 1.54) is 103 Å². The molecule has 2 nitrogen and oxygen atoms in total. The van der Waals surface area contributed by atoms with E-state index in [9.17, 15) is 0 Å². The van der Waals surface area contributed by atoms with Gasteiger partial charge in [0.05, 0.1) is 22.1 Å². The maximum absolute atomic E-state index is 2.51. The van der Waals surface area contributed by atoms with Crippen LogP contribution in [0.15, 0.2) is 206 Å². The van der Waals surface area contributed by atoms with E-state index in [1.807, 2.05) is 0 Å². The van der Waals surface area contributed by atoms with Gasteiger partial charge in [-0.05, 0) is 103 Å². The van der Waals surface area contributed by atoms with Crippen molar-refractivity contribution in [2.75, 3.05) is 0 Å². The largest absolute Gasteiger partial charge is 0.309 e. The van der Waals surface area contributed by atoms with E-state index >= 15 is 0 Å². The average Bonchev–Trinajstić information content (AvgIpc) is 3.99. The minimum Gasteiger partial charge on any atom is -0.309 e. The fraction of sp³-hybridized carbons (Fsp3) is 0. The molecule has 0 saturated heterocycles. The Morgan fingerprint density at radius 1 is 0.281 bits per heavy atom. The molecule has 0 radical (unpaired) electrons. The monoisotopic (exact) mass is 738 g/mol. The van der Waals surface area contributed by atoms with Crippen molar-refractivity contribution in [3.8, 4) is 44.8 Å². The van der Waals surface area contributed by atoms with Gasteiger partial charge in [0.15, 0.2) is 8.07 Å². The van der Waals surface area contributed by atoms with Gasteiger partial charge in [-0.1, -0.05) is 158 Å². The highest BCUT2D eigenvalue weighted by Crippen LogP contribution is 2.43. The Morgan fingerprint density at radius 2 is 0.702 bits per heavy atom. The quantitative estimate of drug-likeness (QED) is 0.160. The summed E-state index contributed by atoms with van der Waals surface area (Å²) in [6.07, 6.45) is 0.